The molecule has 0 atom stereocenters. The van der Waals surface area contributed by atoms with E-state index < -0.39 is 0 Å². The first kappa shape index (κ1) is 4.68. The van der Waals surface area contributed by atoms with Gasteiger partial charge in [-0.25, -0.2) is 4.24 Å². The van der Waals surface area contributed by atoms with Crippen LogP contribution in [0.4, 0.5) is 0 Å². The molecule has 0 amide bonds. The zero-order valence-electron chi connectivity index (χ0n) is 4.99. The van der Waals surface area contributed by atoms with Gasteiger partial charge in [0.05, 0.1) is 6.21 Å². The summed E-state index contributed by atoms with van der Waals surface area (Å²) in [6, 6.07) is 2.00. The Hall–Kier alpha value is -1.18. The van der Waals surface area contributed by atoms with Crippen LogP contribution < -0.4 is 9.59 Å². The number of rotatable bonds is 0. The quantitative estimate of drug-likeness (QED) is 0.424. The third kappa shape index (κ3) is 0.633. The minimum Gasteiger partial charge on any atom is -0.207 e. The highest BCUT2D eigenvalue weighted by Gasteiger charge is 1.94. The smallest absolute Gasteiger partial charge is 0.207 e. The van der Waals surface area contributed by atoms with Gasteiger partial charge in [0.15, 0.2) is 0 Å². The third-order valence-electron chi connectivity index (χ3n) is 1.45. The van der Waals surface area contributed by atoms with Crippen molar-refractivity contribution in [2.45, 2.75) is 6.42 Å². The third-order valence-corrected chi connectivity index (χ3v) is 1.45. The standard InChI is InChI=1S/C7H7N2/c1-2-7-3-4-8-6-9(7)5-1/h2-6H,1H2/q+1. The Labute approximate surface area is 52.8 Å². The molecule has 0 saturated carbocycles. The van der Waals surface area contributed by atoms with Crippen molar-refractivity contribution in [1.82, 2.24) is 4.98 Å². The number of hydrogen-bond donors (Lipinski definition) is 0. The van der Waals surface area contributed by atoms with Gasteiger partial charge in [-0.15, -0.1) is 0 Å². The Balaban J connectivity index is 2.97. The maximum atomic E-state index is 3.97. The Morgan fingerprint density at radius 3 is 3.44 bits per heavy atom. The van der Waals surface area contributed by atoms with E-state index in [1.807, 2.05) is 22.8 Å². The molecule has 44 valence electrons. The van der Waals surface area contributed by atoms with Gasteiger partial charge in [-0.1, -0.05) is 4.98 Å². The molecule has 0 saturated heterocycles. The fourth-order valence-electron chi connectivity index (χ4n) is 0.995. The maximum absolute atomic E-state index is 3.97. The van der Waals surface area contributed by atoms with Crippen LogP contribution in [0.5, 0.6) is 0 Å². The van der Waals surface area contributed by atoms with E-state index in [9.17, 15) is 0 Å². The van der Waals surface area contributed by atoms with Crippen molar-refractivity contribution in [2.24, 2.45) is 0 Å². The molecule has 2 heterocycles. The molecule has 0 unspecified atom stereocenters. The van der Waals surface area contributed by atoms with Gasteiger partial charge in [-0.2, -0.15) is 0 Å². The Kier molecular flexibility index (Phi) is 0.859. The van der Waals surface area contributed by atoms with Crippen LogP contribution in [0, 0.1) is 6.21 Å². The van der Waals surface area contributed by atoms with E-state index in [1.54, 1.807) is 0 Å². The monoisotopic (exact) mass is 119 g/mol. The molecule has 0 aliphatic carbocycles. The van der Waals surface area contributed by atoms with Crippen molar-refractivity contribution < 1.29 is 4.24 Å². The number of hydrogen-bond acceptors (Lipinski definition) is 1. The molecule has 0 N–H and O–H groups in total. The van der Waals surface area contributed by atoms with Crippen LogP contribution in [0.1, 0.15) is 6.42 Å². The van der Waals surface area contributed by atoms with Crippen LogP contribution in [0.15, 0.2) is 18.6 Å². The lowest BCUT2D eigenvalue weighted by Gasteiger charge is -1.72. The van der Waals surface area contributed by atoms with E-state index in [4.69, 9.17) is 0 Å². The minimum atomic E-state index is 1.03. The van der Waals surface area contributed by atoms with E-state index in [0.29, 0.717) is 0 Å². The van der Waals surface area contributed by atoms with E-state index in [0.717, 1.165) is 6.42 Å². The van der Waals surface area contributed by atoms with Gasteiger partial charge in [0.1, 0.15) is 11.5 Å². The molecule has 0 spiro atoms. The molecule has 1 aliphatic rings. The Morgan fingerprint density at radius 1 is 1.56 bits per heavy atom. The van der Waals surface area contributed by atoms with E-state index in [1.165, 1.54) is 5.35 Å². The molecule has 2 nitrogen and oxygen atoms in total. The number of fused-ring (bicyclic) bond motifs is 1. The molecule has 2 heteroatoms. The van der Waals surface area contributed by atoms with E-state index in [-0.39, 0.29) is 0 Å². The van der Waals surface area contributed by atoms with Crippen molar-refractivity contribution in [3.63, 3.8) is 0 Å². The molecule has 1 aliphatic heterocycles. The highest BCUT2D eigenvalue weighted by atomic mass is 14.9. The number of aromatic nitrogens is 2. The lowest BCUT2D eigenvalue weighted by Crippen LogP contribution is -2.33. The zero-order valence-corrected chi connectivity index (χ0v) is 4.99. The predicted octanol–water partition coefficient (Wildman–Crippen LogP) is -0.437. The van der Waals surface area contributed by atoms with Gasteiger partial charge in [0.2, 0.25) is 0 Å². The first-order valence-corrected chi connectivity index (χ1v) is 2.98. The highest BCUT2D eigenvalue weighted by Crippen LogP contribution is 1.80. The van der Waals surface area contributed by atoms with Crippen molar-refractivity contribution in [1.29, 1.82) is 0 Å². The number of nitrogens with zero attached hydrogens (tertiary/aromatic N) is 2. The lowest BCUT2D eigenvalue weighted by atomic mass is 10.4. The van der Waals surface area contributed by atoms with Gasteiger partial charge >= 0.3 is 0 Å². The second-order valence-corrected chi connectivity index (χ2v) is 2.03. The summed E-state index contributed by atoms with van der Waals surface area (Å²) in [5.74, 6) is 0. The molecule has 1 aromatic heterocycles. The molecular formula is C7H7N2+. The van der Waals surface area contributed by atoms with Gasteiger partial charge < -0.3 is 0 Å². The fourth-order valence-corrected chi connectivity index (χ4v) is 0.995. The molecule has 9 heavy (non-hydrogen) atoms. The zero-order chi connectivity index (χ0) is 6.10. The largest absolute Gasteiger partial charge is 0.290 e. The van der Waals surface area contributed by atoms with Crippen molar-refractivity contribution in [2.75, 3.05) is 0 Å². The molecule has 0 radical (unpaired) electrons. The summed E-state index contributed by atoms with van der Waals surface area (Å²) in [4.78, 5) is 3.97. The second kappa shape index (κ2) is 1.65. The Bertz CT molecular complexity index is 294. The molecule has 0 aromatic carbocycles. The summed E-state index contributed by atoms with van der Waals surface area (Å²) in [5, 5.41) is 1.24. The minimum absolute atomic E-state index is 1.03. The summed E-state index contributed by atoms with van der Waals surface area (Å²) in [7, 11) is 0. The molecule has 1 aromatic rings. The van der Waals surface area contributed by atoms with Crippen LogP contribution in [-0.4, -0.2) is 4.98 Å². The van der Waals surface area contributed by atoms with Gasteiger partial charge in [0.25, 0.3) is 6.33 Å². The SMILES string of the molecule is C1=c2ccnc[n+]2=CC1. The molecule has 0 bridgehead atoms. The molecule has 2 rings (SSSR count). The van der Waals surface area contributed by atoms with Crippen LogP contribution in [-0.2, 0) is 0 Å². The van der Waals surface area contributed by atoms with Gasteiger partial charge in [-0.3, -0.25) is 0 Å². The summed E-state index contributed by atoms with van der Waals surface area (Å²) in [6.45, 7) is 0. The van der Waals surface area contributed by atoms with Crippen LogP contribution in [0.25, 0.3) is 6.08 Å². The summed E-state index contributed by atoms with van der Waals surface area (Å²) in [6.07, 6.45) is 8.93. The summed E-state index contributed by atoms with van der Waals surface area (Å²) >= 11 is 0. The average Bonchev–Trinajstić information content (AvgIpc) is 2.33. The Morgan fingerprint density at radius 2 is 2.56 bits per heavy atom. The summed E-state index contributed by atoms with van der Waals surface area (Å²) < 4.78 is 2.03. The van der Waals surface area contributed by atoms with Crippen molar-refractivity contribution in [3.8, 4) is 0 Å². The first-order valence-electron chi connectivity index (χ1n) is 2.98. The maximum Gasteiger partial charge on any atom is 0.290 e. The van der Waals surface area contributed by atoms with Crippen LogP contribution in [0.3, 0.4) is 0 Å². The second-order valence-electron chi connectivity index (χ2n) is 2.03. The first-order chi connectivity index (χ1) is 4.47. The van der Waals surface area contributed by atoms with Crippen LogP contribution in [0.2, 0.25) is 0 Å². The van der Waals surface area contributed by atoms with E-state index >= 15 is 0 Å². The fraction of sp³-hybridized carbons (Fsp3) is 0.143. The summed E-state index contributed by atoms with van der Waals surface area (Å²) in [5.41, 5.74) is 0. The topological polar surface area (TPSA) is 18.8 Å². The molecular weight excluding hydrogens is 112 g/mol. The lowest BCUT2D eigenvalue weighted by molar-refractivity contribution is -0.525. The van der Waals surface area contributed by atoms with E-state index in [2.05, 4.69) is 17.3 Å². The van der Waals surface area contributed by atoms with Gasteiger partial charge in [-0.05, 0) is 6.08 Å². The van der Waals surface area contributed by atoms with Crippen LogP contribution >= 0.6 is 0 Å². The molecule has 0 fully saturated rings. The normalized spacial score (nSPS) is 13.8. The average molecular weight is 119 g/mol. The van der Waals surface area contributed by atoms with Gasteiger partial charge in [0, 0.05) is 12.5 Å². The van der Waals surface area contributed by atoms with Crippen molar-refractivity contribution in [3.05, 3.63) is 30.2 Å². The predicted molar refractivity (Wildman–Crippen MR) is 32.8 cm³/mol. The van der Waals surface area contributed by atoms with Crippen molar-refractivity contribution >= 4 is 6.08 Å². The highest BCUT2D eigenvalue weighted by molar-refractivity contribution is 5.17.